The van der Waals surface area contributed by atoms with Gasteiger partial charge in [0.1, 0.15) is 12.4 Å². The number of aliphatic hydroxyl groups excluding tert-OH is 1. The summed E-state index contributed by atoms with van der Waals surface area (Å²) in [5, 5.41) is 8.98. The number of ether oxygens (including phenoxy) is 2. The zero-order chi connectivity index (χ0) is 22.6. The third-order valence-electron chi connectivity index (χ3n) is 7.20. The van der Waals surface area contributed by atoms with Crippen LogP contribution >= 0.6 is 0 Å². The summed E-state index contributed by atoms with van der Waals surface area (Å²) in [4.78, 5) is 17.6. The van der Waals surface area contributed by atoms with Gasteiger partial charge in [-0.05, 0) is 37.0 Å². The minimum atomic E-state index is -2.67. The van der Waals surface area contributed by atoms with E-state index in [-0.39, 0.29) is 49.8 Å². The van der Waals surface area contributed by atoms with Crippen molar-refractivity contribution < 1.29 is 28.2 Å². The molecule has 1 amide bonds. The van der Waals surface area contributed by atoms with Crippen LogP contribution in [-0.4, -0.2) is 79.3 Å². The van der Waals surface area contributed by atoms with Gasteiger partial charge in [0.05, 0.1) is 12.5 Å². The smallest absolute Gasteiger partial charge is 0.249 e. The van der Waals surface area contributed by atoms with Gasteiger partial charge in [0, 0.05) is 64.2 Å². The van der Waals surface area contributed by atoms with Crippen molar-refractivity contribution in [2.24, 2.45) is 11.3 Å². The van der Waals surface area contributed by atoms with Crippen LogP contribution in [0.25, 0.3) is 0 Å². The molecule has 32 heavy (non-hydrogen) atoms. The molecule has 178 valence electrons. The van der Waals surface area contributed by atoms with Gasteiger partial charge in [0.25, 0.3) is 0 Å². The molecule has 3 aliphatic heterocycles. The molecule has 3 aliphatic rings. The lowest BCUT2D eigenvalue weighted by Gasteiger charge is -2.39. The first-order chi connectivity index (χ1) is 15.4. The van der Waals surface area contributed by atoms with Crippen LogP contribution in [-0.2, 0) is 16.1 Å². The second-order valence-corrected chi connectivity index (χ2v) is 9.45. The third-order valence-corrected chi connectivity index (χ3v) is 7.20. The first-order valence-corrected chi connectivity index (χ1v) is 11.7. The number of rotatable bonds is 6. The number of alkyl halides is 2. The summed E-state index contributed by atoms with van der Waals surface area (Å²) in [5.74, 6) is -2.11. The van der Waals surface area contributed by atoms with E-state index in [1.807, 2.05) is 24.3 Å². The van der Waals surface area contributed by atoms with Gasteiger partial charge in [0.2, 0.25) is 11.8 Å². The number of aliphatic hydroxyl groups is 1. The van der Waals surface area contributed by atoms with Crippen molar-refractivity contribution in [1.29, 1.82) is 0 Å². The van der Waals surface area contributed by atoms with Crippen LogP contribution in [0.3, 0.4) is 0 Å². The van der Waals surface area contributed by atoms with Crippen LogP contribution in [0.5, 0.6) is 5.75 Å². The number of likely N-dealkylation sites (tertiary alicyclic amines) is 2. The minimum absolute atomic E-state index is 0.0344. The fourth-order valence-electron chi connectivity index (χ4n) is 5.48. The van der Waals surface area contributed by atoms with E-state index in [0.717, 1.165) is 30.7 Å². The van der Waals surface area contributed by atoms with E-state index in [4.69, 9.17) is 14.6 Å². The first-order valence-electron chi connectivity index (χ1n) is 11.7. The third kappa shape index (κ3) is 5.41. The normalized spacial score (nSPS) is 25.6. The van der Waals surface area contributed by atoms with Crippen LogP contribution < -0.4 is 4.74 Å². The van der Waals surface area contributed by atoms with Crippen molar-refractivity contribution in [1.82, 2.24) is 9.80 Å². The van der Waals surface area contributed by atoms with E-state index < -0.39 is 5.92 Å². The molecule has 6 nitrogen and oxygen atoms in total. The SMILES string of the molecule is O=C([C@@H]1CN(Cc2cccc(OCCO)c2)CC12CCOCC2)N1CCCC(F)(F)CC1. The number of hydrogen-bond donors (Lipinski definition) is 1. The Morgan fingerprint density at radius 3 is 2.78 bits per heavy atom. The zero-order valence-electron chi connectivity index (χ0n) is 18.6. The molecule has 4 rings (SSSR count). The molecule has 1 aromatic rings. The molecule has 1 aromatic carbocycles. The Morgan fingerprint density at radius 1 is 1.19 bits per heavy atom. The van der Waals surface area contributed by atoms with E-state index in [9.17, 15) is 13.6 Å². The van der Waals surface area contributed by atoms with Crippen LogP contribution in [0, 0.1) is 11.3 Å². The van der Waals surface area contributed by atoms with Gasteiger partial charge in [-0.25, -0.2) is 8.78 Å². The lowest BCUT2D eigenvalue weighted by atomic mass is 9.71. The molecule has 8 heteroatoms. The average molecular weight is 453 g/mol. The summed E-state index contributed by atoms with van der Waals surface area (Å²) >= 11 is 0. The molecule has 3 heterocycles. The van der Waals surface area contributed by atoms with Gasteiger partial charge in [0.15, 0.2) is 0 Å². The van der Waals surface area contributed by atoms with Gasteiger partial charge in [-0.2, -0.15) is 0 Å². The molecule has 3 fully saturated rings. The number of nitrogens with zero attached hydrogens (tertiary/aromatic N) is 2. The van der Waals surface area contributed by atoms with Crippen molar-refractivity contribution in [2.75, 3.05) is 52.6 Å². The maximum Gasteiger partial charge on any atom is 0.249 e. The van der Waals surface area contributed by atoms with Gasteiger partial charge >= 0.3 is 0 Å². The molecule has 0 saturated carbocycles. The predicted molar refractivity (Wildman–Crippen MR) is 116 cm³/mol. The van der Waals surface area contributed by atoms with Crippen molar-refractivity contribution in [3.63, 3.8) is 0 Å². The minimum Gasteiger partial charge on any atom is -0.491 e. The lowest BCUT2D eigenvalue weighted by molar-refractivity contribution is -0.140. The van der Waals surface area contributed by atoms with E-state index in [0.29, 0.717) is 39.3 Å². The number of hydrogen-bond acceptors (Lipinski definition) is 5. The average Bonchev–Trinajstić information content (AvgIpc) is 2.99. The monoisotopic (exact) mass is 452 g/mol. The molecule has 1 spiro atoms. The Morgan fingerprint density at radius 2 is 2.00 bits per heavy atom. The Kier molecular flexibility index (Phi) is 7.32. The number of amides is 1. The summed E-state index contributed by atoms with van der Waals surface area (Å²) in [6.07, 6.45) is 1.62. The molecule has 0 bridgehead atoms. The van der Waals surface area contributed by atoms with Crippen molar-refractivity contribution in [3.8, 4) is 5.75 Å². The van der Waals surface area contributed by atoms with E-state index in [1.54, 1.807) is 4.90 Å². The largest absolute Gasteiger partial charge is 0.491 e. The maximum absolute atomic E-state index is 13.9. The summed E-state index contributed by atoms with van der Waals surface area (Å²) in [6, 6.07) is 7.81. The molecule has 0 aromatic heterocycles. The molecule has 0 radical (unpaired) electrons. The highest BCUT2D eigenvalue weighted by atomic mass is 19.3. The van der Waals surface area contributed by atoms with Crippen molar-refractivity contribution >= 4 is 5.91 Å². The molecule has 0 aliphatic carbocycles. The van der Waals surface area contributed by atoms with Crippen molar-refractivity contribution in [3.05, 3.63) is 29.8 Å². The quantitative estimate of drug-likeness (QED) is 0.719. The fourth-order valence-corrected chi connectivity index (χ4v) is 5.48. The van der Waals surface area contributed by atoms with E-state index in [2.05, 4.69) is 4.90 Å². The summed E-state index contributed by atoms with van der Waals surface area (Å²) in [7, 11) is 0. The topological polar surface area (TPSA) is 62.2 Å². The number of benzene rings is 1. The highest BCUT2D eigenvalue weighted by Gasteiger charge is 2.51. The highest BCUT2D eigenvalue weighted by molar-refractivity contribution is 5.80. The fraction of sp³-hybridized carbons (Fsp3) is 0.708. The Hall–Kier alpha value is -1.77. The van der Waals surface area contributed by atoms with Gasteiger partial charge in [-0.1, -0.05) is 12.1 Å². The lowest BCUT2D eigenvalue weighted by Crippen LogP contribution is -2.46. The van der Waals surface area contributed by atoms with Gasteiger partial charge < -0.3 is 19.5 Å². The van der Waals surface area contributed by atoms with E-state index in [1.165, 1.54) is 0 Å². The van der Waals surface area contributed by atoms with Crippen LogP contribution in [0.4, 0.5) is 8.78 Å². The molecular weight excluding hydrogens is 418 g/mol. The highest BCUT2D eigenvalue weighted by Crippen LogP contribution is 2.46. The van der Waals surface area contributed by atoms with Crippen LogP contribution in [0.15, 0.2) is 24.3 Å². The number of carbonyl (C=O) groups excluding carboxylic acids is 1. The second kappa shape index (κ2) is 10.0. The Bertz CT molecular complexity index is 785. The number of carbonyl (C=O) groups is 1. The van der Waals surface area contributed by atoms with Crippen LogP contribution in [0.1, 0.15) is 37.7 Å². The summed E-state index contributed by atoms with van der Waals surface area (Å²) in [5.41, 5.74) is 0.931. The molecule has 0 unspecified atom stereocenters. The van der Waals surface area contributed by atoms with Crippen molar-refractivity contribution in [2.45, 2.75) is 44.6 Å². The Balaban J connectivity index is 1.47. The molecule has 3 saturated heterocycles. The summed E-state index contributed by atoms with van der Waals surface area (Å²) < 4.78 is 38.8. The first kappa shape index (κ1) is 23.4. The standard InChI is InChI=1S/C24H34F2N2O4/c25-24(26)5-2-9-28(10-6-24)22(30)21-17-27(18-23(21)7-12-31-13-8-23)16-19-3-1-4-20(15-19)32-14-11-29/h1,3-4,15,21,29H,2,5-14,16-18H2/t21-/m0/s1. The van der Waals surface area contributed by atoms with Gasteiger partial charge in [-0.3, -0.25) is 9.69 Å². The number of halogens is 2. The summed E-state index contributed by atoms with van der Waals surface area (Å²) in [6.45, 7) is 4.18. The molecule has 1 atom stereocenters. The van der Waals surface area contributed by atoms with Crippen LogP contribution in [0.2, 0.25) is 0 Å². The molecular formula is C24H34F2N2O4. The zero-order valence-corrected chi connectivity index (χ0v) is 18.6. The van der Waals surface area contributed by atoms with E-state index >= 15 is 0 Å². The predicted octanol–water partition coefficient (Wildman–Crippen LogP) is 2.93. The molecule has 1 N–H and O–H groups in total. The van der Waals surface area contributed by atoms with Gasteiger partial charge in [-0.15, -0.1) is 0 Å². The Labute approximate surface area is 188 Å². The maximum atomic E-state index is 13.9. The second-order valence-electron chi connectivity index (χ2n) is 9.45.